The van der Waals surface area contributed by atoms with E-state index >= 15 is 0 Å². The average Bonchev–Trinajstić information content (AvgIpc) is 2.51. The molecule has 0 aromatic heterocycles. The van der Waals surface area contributed by atoms with Crippen molar-refractivity contribution in [2.45, 2.75) is 25.4 Å². The number of halogens is 1. The van der Waals surface area contributed by atoms with Crippen molar-refractivity contribution in [3.8, 4) is 0 Å². The Balaban J connectivity index is 1.82. The number of morpholine rings is 1. The molecule has 1 aromatic rings. The number of nitrogens with zero attached hydrogens (tertiary/aromatic N) is 1. The molecule has 1 aromatic carbocycles. The molecule has 1 atom stereocenters. The molecule has 0 spiro atoms. The first-order valence-corrected chi connectivity index (χ1v) is 7.49. The lowest BCUT2D eigenvalue weighted by Gasteiger charge is -2.46. The summed E-state index contributed by atoms with van der Waals surface area (Å²) in [4.78, 5) is 13.8. The predicted octanol–water partition coefficient (Wildman–Crippen LogP) is 1.95. The highest BCUT2D eigenvalue weighted by atomic mass is 19.1. The van der Waals surface area contributed by atoms with Gasteiger partial charge in [0.05, 0.1) is 12.1 Å². The Kier molecular flexibility index (Phi) is 3.95. The van der Waals surface area contributed by atoms with Crippen LogP contribution in [0.25, 0.3) is 0 Å². The molecule has 0 bridgehead atoms. The Bertz CT molecular complexity index is 531. The van der Waals surface area contributed by atoms with Crippen LogP contribution in [-0.4, -0.2) is 37.7 Å². The fourth-order valence-electron chi connectivity index (χ4n) is 3.31. The highest BCUT2D eigenvalue weighted by molar-refractivity contribution is 5.95. The van der Waals surface area contributed by atoms with Crippen LogP contribution in [0, 0.1) is 11.7 Å². The molecule has 2 fully saturated rings. The summed E-state index contributed by atoms with van der Waals surface area (Å²) in [5, 5.41) is 3.34. The first-order chi connectivity index (χ1) is 10.1. The zero-order chi connectivity index (χ0) is 14.9. The van der Waals surface area contributed by atoms with Crippen LogP contribution in [-0.2, 0) is 9.53 Å². The fourth-order valence-corrected chi connectivity index (χ4v) is 3.31. The van der Waals surface area contributed by atoms with Gasteiger partial charge in [-0.05, 0) is 57.0 Å². The minimum Gasteiger partial charge on any atom is -0.363 e. The minimum atomic E-state index is -0.359. The van der Waals surface area contributed by atoms with Crippen LogP contribution < -0.4 is 10.2 Å². The van der Waals surface area contributed by atoms with Gasteiger partial charge in [-0.2, -0.15) is 0 Å². The molecule has 2 saturated heterocycles. The number of carbonyl (C=O) groups is 1. The summed E-state index contributed by atoms with van der Waals surface area (Å²) in [5.74, 6) is -0.00900. The fraction of sp³-hybridized carbons (Fsp3) is 0.562. The van der Waals surface area contributed by atoms with Crippen LogP contribution >= 0.6 is 0 Å². The maximum atomic E-state index is 13.4. The van der Waals surface area contributed by atoms with E-state index in [2.05, 4.69) is 12.2 Å². The van der Waals surface area contributed by atoms with Gasteiger partial charge in [0.15, 0.2) is 0 Å². The Morgan fingerprint density at radius 1 is 1.38 bits per heavy atom. The van der Waals surface area contributed by atoms with Crippen LogP contribution in [0.15, 0.2) is 24.3 Å². The normalized spacial score (nSPS) is 27.9. The lowest BCUT2D eigenvalue weighted by atomic mass is 9.81. The van der Waals surface area contributed by atoms with E-state index in [1.807, 2.05) is 0 Å². The molecule has 114 valence electrons. The molecule has 3 rings (SSSR count). The lowest BCUT2D eigenvalue weighted by molar-refractivity contribution is -0.144. The zero-order valence-corrected chi connectivity index (χ0v) is 12.3. The number of carbonyl (C=O) groups excluding carboxylic acids is 1. The van der Waals surface area contributed by atoms with Crippen molar-refractivity contribution in [3.63, 3.8) is 0 Å². The molecule has 1 N–H and O–H groups in total. The molecule has 1 unspecified atom stereocenters. The molecule has 1 amide bonds. The van der Waals surface area contributed by atoms with Gasteiger partial charge in [-0.15, -0.1) is 0 Å². The number of benzene rings is 1. The molecule has 0 aliphatic carbocycles. The number of rotatable bonds is 2. The van der Waals surface area contributed by atoms with Crippen molar-refractivity contribution in [2.75, 3.05) is 31.1 Å². The zero-order valence-electron chi connectivity index (χ0n) is 12.3. The van der Waals surface area contributed by atoms with E-state index in [9.17, 15) is 9.18 Å². The van der Waals surface area contributed by atoms with Crippen LogP contribution in [0.4, 0.5) is 10.1 Å². The van der Waals surface area contributed by atoms with Gasteiger partial charge >= 0.3 is 0 Å². The Hall–Kier alpha value is -1.46. The van der Waals surface area contributed by atoms with Gasteiger partial charge in [0.1, 0.15) is 12.4 Å². The second kappa shape index (κ2) is 5.73. The van der Waals surface area contributed by atoms with E-state index in [0.29, 0.717) is 18.2 Å². The molecule has 0 radical (unpaired) electrons. The quantitative estimate of drug-likeness (QED) is 0.906. The number of piperidine rings is 1. The van der Waals surface area contributed by atoms with Crippen molar-refractivity contribution in [3.05, 3.63) is 30.1 Å². The number of nitrogens with one attached hydrogen (secondary N) is 1. The lowest BCUT2D eigenvalue weighted by Crippen LogP contribution is -2.58. The molecule has 5 heteroatoms. The average molecular weight is 292 g/mol. The van der Waals surface area contributed by atoms with Crippen molar-refractivity contribution < 1.29 is 13.9 Å². The Morgan fingerprint density at radius 2 is 2.14 bits per heavy atom. The van der Waals surface area contributed by atoms with Gasteiger partial charge in [0, 0.05) is 5.69 Å². The van der Waals surface area contributed by atoms with E-state index in [0.717, 1.165) is 25.9 Å². The summed E-state index contributed by atoms with van der Waals surface area (Å²) < 4.78 is 19.3. The van der Waals surface area contributed by atoms with Gasteiger partial charge in [0.25, 0.3) is 5.91 Å². The van der Waals surface area contributed by atoms with Crippen LogP contribution in [0.2, 0.25) is 0 Å². The standard InChI is InChI=1S/C16H21FN2O2/c1-16(12-5-7-18-8-6-12)11-19(15(20)10-21-16)14-4-2-3-13(17)9-14/h2-4,9,12,18H,5-8,10-11H2,1H3. The first kappa shape index (κ1) is 14.5. The highest BCUT2D eigenvalue weighted by Crippen LogP contribution is 2.34. The Morgan fingerprint density at radius 3 is 2.86 bits per heavy atom. The SMILES string of the molecule is CC1(C2CCNCC2)CN(c2cccc(F)c2)C(=O)CO1. The molecule has 2 heterocycles. The van der Waals surface area contributed by atoms with Gasteiger partial charge in [-0.1, -0.05) is 6.07 Å². The van der Waals surface area contributed by atoms with Crippen molar-refractivity contribution in [2.24, 2.45) is 5.92 Å². The van der Waals surface area contributed by atoms with Gasteiger partial charge in [-0.25, -0.2) is 4.39 Å². The number of hydrogen-bond acceptors (Lipinski definition) is 3. The second-order valence-corrected chi connectivity index (χ2v) is 6.09. The second-order valence-electron chi connectivity index (χ2n) is 6.09. The van der Waals surface area contributed by atoms with E-state index in [4.69, 9.17) is 4.74 Å². The predicted molar refractivity (Wildman–Crippen MR) is 78.7 cm³/mol. The van der Waals surface area contributed by atoms with Gasteiger partial charge in [-0.3, -0.25) is 4.79 Å². The third-order valence-electron chi connectivity index (χ3n) is 4.62. The number of anilines is 1. The highest BCUT2D eigenvalue weighted by Gasteiger charge is 2.42. The monoisotopic (exact) mass is 292 g/mol. The van der Waals surface area contributed by atoms with E-state index < -0.39 is 0 Å². The van der Waals surface area contributed by atoms with E-state index in [1.165, 1.54) is 12.1 Å². The number of ether oxygens (including phenoxy) is 1. The largest absolute Gasteiger partial charge is 0.363 e. The van der Waals surface area contributed by atoms with Gasteiger partial charge in [0.2, 0.25) is 0 Å². The smallest absolute Gasteiger partial charge is 0.253 e. The molecule has 4 nitrogen and oxygen atoms in total. The van der Waals surface area contributed by atoms with Crippen molar-refractivity contribution in [1.82, 2.24) is 5.32 Å². The van der Waals surface area contributed by atoms with Crippen molar-refractivity contribution >= 4 is 11.6 Å². The third-order valence-corrected chi connectivity index (χ3v) is 4.62. The van der Waals surface area contributed by atoms with E-state index in [-0.39, 0.29) is 23.9 Å². The third kappa shape index (κ3) is 2.94. The summed E-state index contributed by atoms with van der Waals surface area (Å²) >= 11 is 0. The summed E-state index contributed by atoms with van der Waals surface area (Å²) in [6.07, 6.45) is 2.09. The van der Waals surface area contributed by atoms with Crippen LogP contribution in [0.1, 0.15) is 19.8 Å². The summed E-state index contributed by atoms with van der Waals surface area (Å²) in [6, 6.07) is 6.21. The maximum absolute atomic E-state index is 13.4. The summed E-state index contributed by atoms with van der Waals surface area (Å²) in [7, 11) is 0. The molecular formula is C16H21FN2O2. The maximum Gasteiger partial charge on any atom is 0.253 e. The first-order valence-electron chi connectivity index (χ1n) is 7.49. The molecular weight excluding hydrogens is 271 g/mol. The van der Waals surface area contributed by atoms with Crippen molar-refractivity contribution in [1.29, 1.82) is 0 Å². The molecule has 21 heavy (non-hydrogen) atoms. The summed E-state index contributed by atoms with van der Waals surface area (Å²) in [6.45, 7) is 4.59. The minimum absolute atomic E-state index is 0.0664. The van der Waals surface area contributed by atoms with Crippen LogP contribution in [0.3, 0.4) is 0 Å². The van der Waals surface area contributed by atoms with Crippen LogP contribution in [0.5, 0.6) is 0 Å². The molecule has 2 aliphatic rings. The van der Waals surface area contributed by atoms with E-state index in [1.54, 1.807) is 17.0 Å². The van der Waals surface area contributed by atoms with Gasteiger partial charge < -0.3 is 15.0 Å². The number of amides is 1. The topological polar surface area (TPSA) is 41.6 Å². The molecule has 2 aliphatic heterocycles. The number of hydrogen-bond donors (Lipinski definition) is 1. The summed E-state index contributed by atoms with van der Waals surface area (Å²) in [5.41, 5.74) is 0.256. The Labute approximate surface area is 124 Å². The molecule has 0 saturated carbocycles.